The van der Waals surface area contributed by atoms with Crippen LogP contribution in [0.4, 0.5) is 0 Å². The molecule has 0 fully saturated rings. The van der Waals surface area contributed by atoms with E-state index in [1.165, 1.54) is 0 Å². The number of hydrogen-bond acceptors (Lipinski definition) is 4. The molecule has 0 heterocycles. The number of aliphatic hydroxyl groups is 2. The Morgan fingerprint density at radius 1 is 1.42 bits per heavy atom. The highest BCUT2D eigenvalue weighted by Crippen LogP contribution is 2.33. The second kappa shape index (κ2) is 7.24. The summed E-state index contributed by atoms with van der Waals surface area (Å²) in [4.78, 5) is 0. The van der Waals surface area contributed by atoms with Gasteiger partial charge in [0.1, 0.15) is 5.75 Å². The van der Waals surface area contributed by atoms with Crippen LogP contribution in [0.3, 0.4) is 0 Å². The summed E-state index contributed by atoms with van der Waals surface area (Å²) >= 11 is 3.47. The molecule has 1 atom stereocenters. The van der Waals surface area contributed by atoms with Gasteiger partial charge in [-0.05, 0) is 18.2 Å². The van der Waals surface area contributed by atoms with Gasteiger partial charge >= 0.3 is 0 Å². The predicted octanol–water partition coefficient (Wildman–Crippen LogP) is 1.68. The first-order valence-corrected chi connectivity index (χ1v) is 7.03. The Kier molecular flexibility index (Phi) is 6.26. The van der Waals surface area contributed by atoms with Crippen LogP contribution in [0.25, 0.3) is 0 Å². The van der Waals surface area contributed by atoms with E-state index in [1.54, 1.807) is 7.11 Å². The molecule has 0 aliphatic rings. The lowest BCUT2D eigenvalue weighted by Crippen LogP contribution is -2.38. The Hall–Kier alpha value is -0.620. The number of halogens is 1. The van der Waals surface area contributed by atoms with Gasteiger partial charge < -0.3 is 20.3 Å². The largest absolute Gasteiger partial charge is 0.496 e. The average molecular weight is 332 g/mol. The monoisotopic (exact) mass is 331 g/mol. The number of methoxy groups -OCH3 is 1. The van der Waals surface area contributed by atoms with Crippen molar-refractivity contribution in [3.63, 3.8) is 0 Å². The summed E-state index contributed by atoms with van der Waals surface area (Å²) in [7, 11) is 1.66. The predicted molar refractivity (Wildman–Crippen MR) is 79.7 cm³/mol. The molecule has 1 aromatic carbocycles. The molecule has 19 heavy (non-hydrogen) atoms. The lowest BCUT2D eigenvalue weighted by Gasteiger charge is -2.28. The van der Waals surface area contributed by atoms with Crippen LogP contribution in [0.1, 0.15) is 19.4 Å². The quantitative estimate of drug-likeness (QED) is 0.711. The summed E-state index contributed by atoms with van der Waals surface area (Å²) in [5.41, 5.74) is 0.944. The summed E-state index contributed by atoms with van der Waals surface area (Å²) in [6, 6.07) is 5.92. The van der Waals surface area contributed by atoms with Crippen molar-refractivity contribution in [2.45, 2.75) is 25.4 Å². The first-order chi connectivity index (χ1) is 8.90. The summed E-state index contributed by atoms with van der Waals surface area (Å²) in [6.07, 6.45) is -0.722. The van der Waals surface area contributed by atoms with E-state index in [1.807, 2.05) is 18.2 Å². The van der Waals surface area contributed by atoms with Gasteiger partial charge in [0, 0.05) is 28.5 Å². The van der Waals surface area contributed by atoms with Crippen LogP contribution >= 0.6 is 15.9 Å². The van der Waals surface area contributed by atoms with Crippen molar-refractivity contribution < 1.29 is 14.9 Å². The van der Waals surface area contributed by atoms with Crippen molar-refractivity contribution in [3.8, 4) is 5.75 Å². The Morgan fingerprint density at radius 3 is 2.68 bits per heavy atom. The zero-order valence-corrected chi connectivity index (χ0v) is 13.2. The molecular weight excluding hydrogens is 310 g/mol. The van der Waals surface area contributed by atoms with Crippen LogP contribution in [-0.2, 0) is 5.41 Å². The van der Waals surface area contributed by atoms with Gasteiger partial charge in [-0.25, -0.2) is 0 Å². The van der Waals surface area contributed by atoms with Gasteiger partial charge in [0.25, 0.3) is 0 Å². The Labute approximate surface area is 122 Å². The summed E-state index contributed by atoms with van der Waals surface area (Å²) in [5.74, 6) is 0.845. The van der Waals surface area contributed by atoms with Gasteiger partial charge in [-0.2, -0.15) is 0 Å². The molecule has 4 nitrogen and oxygen atoms in total. The molecule has 1 rings (SSSR count). The Balaban J connectivity index is 2.78. The maximum absolute atomic E-state index is 9.33. The number of nitrogens with one attached hydrogen (secondary N) is 1. The van der Waals surface area contributed by atoms with E-state index in [-0.39, 0.29) is 12.0 Å². The molecule has 0 amide bonds. The fraction of sp³-hybridized carbons (Fsp3) is 0.571. The zero-order valence-electron chi connectivity index (χ0n) is 11.6. The van der Waals surface area contributed by atoms with Crippen LogP contribution < -0.4 is 10.1 Å². The van der Waals surface area contributed by atoms with E-state index >= 15 is 0 Å². The second-order valence-electron chi connectivity index (χ2n) is 5.20. The van der Waals surface area contributed by atoms with Crippen LogP contribution in [-0.4, -0.2) is 43.1 Å². The minimum Gasteiger partial charge on any atom is -0.496 e. The van der Waals surface area contributed by atoms with Crippen molar-refractivity contribution in [3.05, 3.63) is 28.2 Å². The topological polar surface area (TPSA) is 61.7 Å². The first-order valence-electron chi connectivity index (χ1n) is 6.24. The highest BCUT2D eigenvalue weighted by molar-refractivity contribution is 9.10. The summed E-state index contributed by atoms with van der Waals surface area (Å²) in [5, 5.41) is 21.3. The molecule has 3 N–H and O–H groups in total. The van der Waals surface area contributed by atoms with Gasteiger partial charge in [0.05, 0.1) is 19.8 Å². The molecule has 108 valence electrons. The van der Waals surface area contributed by atoms with Gasteiger partial charge in [-0.15, -0.1) is 0 Å². The minimum absolute atomic E-state index is 0.149. The molecule has 5 heteroatoms. The van der Waals surface area contributed by atoms with Gasteiger partial charge in [0.15, 0.2) is 0 Å². The SMILES string of the molecule is COc1ccc(Br)cc1C(C)(C)CNCC(O)CO. The van der Waals surface area contributed by atoms with E-state index < -0.39 is 6.10 Å². The van der Waals surface area contributed by atoms with Gasteiger partial charge in [0.2, 0.25) is 0 Å². The molecule has 1 unspecified atom stereocenters. The third-order valence-electron chi connectivity index (χ3n) is 3.05. The normalized spacial score (nSPS) is 13.4. The first kappa shape index (κ1) is 16.4. The fourth-order valence-electron chi connectivity index (χ4n) is 1.92. The lowest BCUT2D eigenvalue weighted by atomic mass is 9.84. The van der Waals surface area contributed by atoms with Gasteiger partial charge in [-0.1, -0.05) is 29.8 Å². The lowest BCUT2D eigenvalue weighted by molar-refractivity contribution is 0.0934. The molecule has 0 aliphatic carbocycles. The minimum atomic E-state index is -0.722. The maximum Gasteiger partial charge on any atom is 0.122 e. The van der Waals surface area contributed by atoms with Gasteiger partial charge in [-0.3, -0.25) is 0 Å². The number of benzene rings is 1. The maximum atomic E-state index is 9.33. The van der Waals surface area contributed by atoms with Crippen LogP contribution in [0.2, 0.25) is 0 Å². The van der Waals surface area contributed by atoms with Crippen molar-refractivity contribution in [1.29, 1.82) is 0 Å². The zero-order chi connectivity index (χ0) is 14.5. The molecule has 0 radical (unpaired) electrons. The van der Waals surface area contributed by atoms with Crippen LogP contribution in [0.5, 0.6) is 5.75 Å². The van der Waals surface area contributed by atoms with Crippen molar-refractivity contribution in [2.24, 2.45) is 0 Å². The van der Waals surface area contributed by atoms with E-state index in [9.17, 15) is 5.11 Å². The van der Waals surface area contributed by atoms with E-state index in [0.717, 1.165) is 15.8 Å². The molecule has 0 aromatic heterocycles. The van der Waals surface area contributed by atoms with Crippen molar-refractivity contribution in [1.82, 2.24) is 5.32 Å². The third-order valence-corrected chi connectivity index (χ3v) is 3.54. The second-order valence-corrected chi connectivity index (χ2v) is 6.11. The van der Waals surface area contributed by atoms with Crippen LogP contribution in [0.15, 0.2) is 22.7 Å². The smallest absolute Gasteiger partial charge is 0.122 e. The number of rotatable bonds is 7. The number of hydrogen-bond donors (Lipinski definition) is 3. The molecule has 0 aliphatic heterocycles. The van der Waals surface area contributed by atoms with Crippen molar-refractivity contribution >= 4 is 15.9 Å². The number of aliphatic hydroxyl groups excluding tert-OH is 2. The molecule has 1 aromatic rings. The molecule has 0 saturated heterocycles. The summed E-state index contributed by atoms with van der Waals surface area (Å²) in [6.45, 7) is 5.03. The van der Waals surface area contributed by atoms with Crippen molar-refractivity contribution in [2.75, 3.05) is 26.8 Å². The summed E-state index contributed by atoms with van der Waals surface area (Å²) < 4.78 is 6.40. The molecule has 0 saturated carbocycles. The third kappa shape index (κ3) is 4.76. The Morgan fingerprint density at radius 2 is 2.11 bits per heavy atom. The average Bonchev–Trinajstić information content (AvgIpc) is 2.38. The molecule has 0 bridgehead atoms. The van der Waals surface area contributed by atoms with E-state index in [2.05, 4.69) is 35.1 Å². The fourth-order valence-corrected chi connectivity index (χ4v) is 2.28. The van der Waals surface area contributed by atoms with E-state index in [0.29, 0.717) is 13.1 Å². The Bertz CT molecular complexity index is 410. The standard InChI is InChI=1S/C14H22BrNO3/c1-14(2,9-16-7-11(18)8-17)12-6-10(15)4-5-13(12)19-3/h4-6,11,16-18H,7-9H2,1-3H3. The van der Waals surface area contributed by atoms with Crippen LogP contribution in [0, 0.1) is 0 Å². The highest BCUT2D eigenvalue weighted by atomic mass is 79.9. The highest BCUT2D eigenvalue weighted by Gasteiger charge is 2.24. The molecule has 0 spiro atoms. The molecular formula is C14H22BrNO3. The number of ether oxygens (including phenoxy) is 1. The van der Waals surface area contributed by atoms with E-state index in [4.69, 9.17) is 9.84 Å².